The minimum Gasteiger partial charge on any atom is -0.462 e. The molecule has 0 saturated carbocycles. The van der Waals surface area contributed by atoms with Crippen molar-refractivity contribution in [1.82, 2.24) is 4.90 Å². The molecule has 0 fully saturated rings. The second-order valence-corrected chi connectivity index (χ2v) is 4.36. The maximum absolute atomic E-state index is 10.1. The number of aliphatic hydroxyl groups is 1. The lowest BCUT2D eigenvalue weighted by molar-refractivity contribution is 0.184. The number of aliphatic hydroxyl groups excluding tert-OH is 1. The summed E-state index contributed by atoms with van der Waals surface area (Å²) < 4.78 is 5.62. The Hall–Kier alpha value is -1.58. The van der Waals surface area contributed by atoms with Gasteiger partial charge >= 0.3 is 0 Å². The van der Waals surface area contributed by atoms with Gasteiger partial charge in [0.1, 0.15) is 17.6 Å². The summed E-state index contributed by atoms with van der Waals surface area (Å²) in [6, 6.07) is 13.2. The molecule has 3 nitrogen and oxygen atoms in total. The van der Waals surface area contributed by atoms with Gasteiger partial charge in [0.15, 0.2) is 0 Å². The summed E-state index contributed by atoms with van der Waals surface area (Å²) in [7, 11) is 3.96. The molecule has 0 bridgehead atoms. The minimum absolute atomic E-state index is 0.591. The van der Waals surface area contributed by atoms with Crippen LogP contribution in [-0.4, -0.2) is 24.1 Å². The molecule has 3 heteroatoms. The van der Waals surface area contributed by atoms with E-state index < -0.39 is 6.10 Å². The van der Waals surface area contributed by atoms with Crippen LogP contribution in [0.4, 0.5) is 0 Å². The Labute approximate surface area is 101 Å². The smallest absolute Gasteiger partial charge is 0.137 e. The van der Waals surface area contributed by atoms with E-state index in [0.717, 1.165) is 17.9 Å². The van der Waals surface area contributed by atoms with Gasteiger partial charge in [0.2, 0.25) is 0 Å². The van der Waals surface area contributed by atoms with Crippen LogP contribution in [0, 0.1) is 0 Å². The highest BCUT2D eigenvalue weighted by Gasteiger charge is 2.14. The SMILES string of the molecule is CN(C)Cc1ccc(C(O)c2ccccc2)o1. The topological polar surface area (TPSA) is 36.6 Å². The van der Waals surface area contributed by atoms with Crippen molar-refractivity contribution in [2.24, 2.45) is 0 Å². The zero-order valence-corrected chi connectivity index (χ0v) is 10.1. The molecule has 1 aromatic carbocycles. The molecule has 1 atom stereocenters. The maximum atomic E-state index is 10.1. The molecule has 0 saturated heterocycles. The van der Waals surface area contributed by atoms with E-state index in [2.05, 4.69) is 0 Å². The zero-order chi connectivity index (χ0) is 12.3. The quantitative estimate of drug-likeness (QED) is 0.878. The first-order valence-corrected chi connectivity index (χ1v) is 5.63. The summed E-state index contributed by atoms with van der Waals surface area (Å²) in [5.41, 5.74) is 0.846. The molecule has 1 aromatic heterocycles. The molecule has 0 aliphatic heterocycles. The fraction of sp³-hybridized carbons (Fsp3) is 0.286. The summed E-state index contributed by atoms with van der Waals surface area (Å²) >= 11 is 0. The van der Waals surface area contributed by atoms with Crippen molar-refractivity contribution < 1.29 is 9.52 Å². The molecule has 2 aromatic rings. The molecular formula is C14H17NO2. The summed E-state index contributed by atoms with van der Waals surface area (Å²) in [5, 5.41) is 10.1. The molecule has 0 aliphatic rings. The van der Waals surface area contributed by atoms with E-state index in [1.807, 2.05) is 61.5 Å². The molecular weight excluding hydrogens is 214 g/mol. The highest BCUT2D eigenvalue weighted by Crippen LogP contribution is 2.23. The monoisotopic (exact) mass is 231 g/mol. The van der Waals surface area contributed by atoms with Gasteiger partial charge in [0, 0.05) is 0 Å². The molecule has 1 N–H and O–H groups in total. The van der Waals surface area contributed by atoms with Crippen LogP contribution in [0.25, 0.3) is 0 Å². The third-order valence-electron chi connectivity index (χ3n) is 2.54. The first-order valence-electron chi connectivity index (χ1n) is 5.63. The lowest BCUT2D eigenvalue weighted by atomic mass is 10.1. The standard InChI is InChI=1S/C14H17NO2/c1-15(2)10-12-8-9-13(17-12)14(16)11-6-4-3-5-7-11/h3-9,14,16H,10H2,1-2H3. The molecule has 0 radical (unpaired) electrons. The lowest BCUT2D eigenvalue weighted by Crippen LogP contribution is -2.09. The molecule has 90 valence electrons. The molecule has 0 aliphatic carbocycles. The van der Waals surface area contributed by atoms with Crippen LogP contribution in [0.2, 0.25) is 0 Å². The van der Waals surface area contributed by atoms with E-state index in [1.165, 1.54) is 0 Å². The Balaban J connectivity index is 2.15. The number of hydrogen-bond acceptors (Lipinski definition) is 3. The van der Waals surface area contributed by atoms with E-state index in [0.29, 0.717) is 5.76 Å². The summed E-state index contributed by atoms with van der Waals surface area (Å²) in [4.78, 5) is 2.03. The van der Waals surface area contributed by atoms with E-state index in [1.54, 1.807) is 0 Å². The Bertz CT molecular complexity index is 462. The van der Waals surface area contributed by atoms with Gasteiger partial charge in [0.25, 0.3) is 0 Å². The predicted octanol–water partition coefficient (Wildman–Crippen LogP) is 2.42. The molecule has 1 unspecified atom stereocenters. The number of rotatable bonds is 4. The van der Waals surface area contributed by atoms with E-state index in [9.17, 15) is 5.11 Å². The number of benzene rings is 1. The van der Waals surface area contributed by atoms with Crippen molar-refractivity contribution in [3.63, 3.8) is 0 Å². The minimum atomic E-state index is -0.688. The Morgan fingerprint density at radius 1 is 1.12 bits per heavy atom. The van der Waals surface area contributed by atoms with Gasteiger partial charge in [-0.1, -0.05) is 30.3 Å². The third-order valence-corrected chi connectivity index (χ3v) is 2.54. The Kier molecular flexibility index (Phi) is 3.61. The predicted molar refractivity (Wildman–Crippen MR) is 66.6 cm³/mol. The second-order valence-electron chi connectivity index (χ2n) is 4.36. The van der Waals surface area contributed by atoms with E-state index in [4.69, 9.17) is 4.42 Å². The molecule has 0 spiro atoms. The van der Waals surface area contributed by atoms with Gasteiger partial charge in [0.05, 0.1) is 6.54 Å². The maximum Gasteiger partial charge on any atom is 0.137 e. The third kappa shape index (κ3) is 2.96. The van der Waals surface area contributed by atoms with Crippen LogP contribution in [0.1, 0.15) is 23.2 Å². The number of hydrogen-bond donors (Lipinski definition) is 1. The molecule has 2 rings (SSSR count). The van der Waals surface area contributed by atoms with Gasteiger partial charge in [-0.2, -0.15) is 0 Å². The first kappa shape index (κ1) is 11.9. The van der Waals surface area contributed by atoms with Crippen LogP contribution < -0.4 is 0 Å². The van der Waals surface area contributed by atoms with E-state index in [-0.39, 0.29) is 0 Å². The van der Waals surface area contributed by atoms with Crippen molar-refractivity contribution in [2.75, 3.05) is 14.1 Å². The van der Waals surface area contributed by atoms with Gasteiger partial charge in [-0.05, 0) is 31.8 Å². The van der Waals surface area contributed by atoms with Crippen LogP contribution in [0.3, 0.4) is 0 Å². The molecule has 0 amide bonds. The van der Waals surface area contributed by atoms with Crippen molar-refractivity contribution in [1.29, 1.82) is 0 Å². The largest absolute Gasteiger partial charge is 0.462 e. The second kappa shape index (κ2) is 5.17. The van der Waals surface area contributed by atoms with Crippen LogP contribution in [0.5, 0.6) is 0 Å². The van der Waals surface area contributed by atoms with Crippen LogP contribution >= 0.6 is 0 Å². The highest BCUT2D eigenvalue weighted by atomic mass is 16.4. The first-order chi connectivity index (χ1) is 8.16. The number of nitrogens with zero attached hydrogens (tertiary/aromatic N) is 1. The fourth-order valence-electron chi connectivity index (χ4n) is 1.74. The van der Waals surface area contributed by atoms with Crippen LogP contribution in [-0.2, 0) is 6.54 Å². The van der Waals surface area contributed by atoms with Gasteiger partial charge in [-0.3, -0.25) is 0 Å². The zero-order valence-electron chi connectivity index (χ0n) is 10.1. The summed E-state index contributed by atoms with van der Waals surface area (Å²) in [5.74, 6) is 1.45. The Morgan fingerprint density at radius 2 is 1.82 bits per heavy atom. The summed E-state index contributed by atoms with van der Waals surface area (Å²) in [6.07, 6.45) is -0.688. The fourth-order valence-corrected chi connectivity index (χ4v) is 1.74. The van der Waals surface area contributed by atoms with Gasteiger partial charge in [-0.15, -0.1) is 0 Å². The molecule has 17 heavy (non-hydrogen) atoms. The van der Waals surface area contributed by atoms with Crippen LogP contribution in [0.15, 0.2) is 46.9 Å². The molecule has 1 heterocycles. The average Bonchev–Trinajstić information content (AvgIpc) is 2.77. The van der Waals surface area contributed by atoms with Crippen molar-refractivity contribution in [2.45, 2.75) is 12.6 Å². The number of furan rings is 1. The van der Waals surface area contributed by atoms with Crippen molar-refractivity contribution >= 4 is 0 Å². The highest BCUT2D eigenvalue weighted by molar-refractivity contribution is 5.25. The van der Waals surface area contributed by atoms with Crippen molar-refractivity contribution in [3.05, 3.63) is 59.5 Å². The average molecular weight is 231 g/mol. The van der Waals surface area contributed by atoms with Gasteiger partial charge in [-0.25, -0.2) is 0 Å². The van der Waals surface area contributed by atoms with Crippen molar-refractivity contribution in [3.8, 4) is 0 Å². The van der Waals surface area contributed by atoms with Gasteiger partial charge < -0.3 is 14.4 Å². The summed E-state index contributed by atoms with van der Waals surface area (Å²) in [6.45, 7) is 0.738. The Morgan fingerprint density at radius 3 is 2.47 bits per heavy atom. The lowest BCUT2D eigenvalue weighted by Gasteiger charge is -2.09. The normalized spacial score (nSPS) is 12.9. The van der Waals surface area contributed by atoms with E-state index >= 15 is 0 Å².